The van der Waals surface area contributed by atoms with Crippen LogP contribution in [0.2, 0.25) is 5.02 Å². The Morgan fingerprint density at radius 1 is 1.25 bits per heavy atom. The Morgan fingerprint density at radius 2 is 2.08 bits per heavy atom. The summed E-state index contributed by atoms with van der Waals surface area (Å²) >= 11 is 6.12. The van der Waals surface area contributed by atoms with Crippen LogP contribution >= 0.6 is 11.6 Å². The molecule has 0 saturated heterocycles. The Labute approximate surface area is 144 Å². The molecule has 0 bridgehead atoms. The van der Waals surface area contributed by atoms with E-state index in [1.165, 1.54) is 0 Å². The van der Waals surface area contributed by atoms with E-state index in [2.05, 4.69) is 10.6 Å². The van der Waals surface area contributed by atoms with Crippen LogP contribution in [0, 0.1) is 0 Å². The van der Waals surface area contributed by atoms with Crippen molar-refractivity contribution in [2.75, 3.05) is 30.6 Å². The SMILES string of the molecule is CCOc1c(Cl)cccc1NCC(=O)Nc1ccc2c(c1)OCO2. The minimum atomic E-state index is -0.198. The second-order valence-electron chi connectivity index (χ2n) is 5.02. The summed E-state index contributed by atoms with van der Waals surface area (Å²) in [6, 6.07) is 10.6. The Balaban J connectivity index is 1.61. The van der Waals surface area contributed by atoms with Crippen LogP contribution in [0.25, 0.3) is 0 Å². The zero-order chi connectivity index (χ0) is 16.9. The maximum Gasteiger partial charge on any atom is 0.243 e. The summed E-state index contributed by atoms with van der Waals surface area (Å²) < 4.78 is 16.0. The van der Waals surface area contributed by atoms with Crippen molar-refractivity contribution in [3.8, 4) is 17.2 Å². The number of amides is 1. The molecule has 126 valence electrons. The molecule has 0 aliphatic carbocycles. The largest absolute Gasteiger partial charge is 0.490 e. The highest BCUT2D eigenvalue weighted by molar-refractivity contribution is 6.32. The van der Waals surface area contributed by atoms with Crippen LogP contribution in [0.4, 0.5) is 11.4 Å². The molecular formula is C17H17ClN2O4. The molecule has 24 heavy (non-hydrogen) atoms. The predicted molar refractivity (Wildman–Crippen MR) is 92.3 cm³/mol. The topological polar surface area (TPSA) is 68.8 Å². The van der Waals surface area contributed by atoms with Crippen molar-refractivity contribution in [1.29, 1.82) is 0 Å². The van der Waals surface area contributed by atoms with Gasteiger partial charge < -0.3 is 24.8 Å². The van der Waals surface area contributed by atoms with Crippen molar-refractivity contribution in [2.45, 2.75) is 6.92 Å². The molecule has 7 heteroatoms. The first-order chi connectivity index (χ1) is 11.7. The third-order valence-electron chi connectivity index (χ3n) is 3.35. The summed E-state index contributed by atoms with van der Waals surface area (Å²) in [5.41, 5.74) is 1.31. The van der Waals surface area contributed by atoms with Crippen molar-refractivity contribution < 1.29 is 19.0 Å². The van der Waals surface area contributed by atoms with Crippen LogP contribution in [-0.4, -0.2) is 25.9 Å². The van der Waals surface area contributed by atoms with Gasteiger partial charge in [0.15, 0.2) is 17.2 Å². The van der Waals surface area contributed by atoms with Crippen LogP contribution in [0.3, 0.4) is 0 Å². The number of rotatable bonds is 6. The first kappa shape index (κ1) is 16.3. The molecule has 0 fully saturated rings. The molecule has 0 aromatic heterocycles. The Kier molecular flexibility index (Phi) is 4.96. The number of hydrogen-bond donors (Lipinski definition) is 2. The summed E-state index contributed by atoms with van der Waals surface area (Å²) in [5.74, 6) is 1.63. The Bertz CT molecular complexity index is 751. The molecule has 2 aromatic carbocycles. The number of halogens is 1. The summed E-state index contributed by atoms with van der Waals surface area (Å²) in [5, 5.41) is 6.33. The molecule has 1 amide bonds. The molecule has 1 heterocycles. The first-order valence-corrected chi connectivity index (χ1v) is 7.90. The number of fused-ring (bicyclic) bond motifs is 1. The fourth-order valence-corrected chi connectivity index (χ4v) is 2.52. The van der Waals surface area contributed by atoms with Gasteiger partial charge in [0.2, 0.25) is 12.7 Å². The number of nitrogens with one attached hydrogen (secondary N) is 2. The van der Waals surface area contributed by atoms with E-state index in [0.717, 1.165) is 0 Å². The van der Waals surface area contributed by atoms with E-state index in [4.69, 9.17) is 25.8 Å². The average Bonchev–Trinajstić information content (AvgIpc) is 3.03. The number of ether oxygens (including phenoxy) is 3. The molecule has 0 unspecified atom stereocenters. The molecule has 2 N–H and O–H groups in total. The van der Waals surface area contributed by atoms with Crippen molar-refractivity contribution >= 4 is 28.9 Å². The van der Waals surface area contributed by atoms with Gasteiger partial charge in [0, 0.05) is 11.8 Å². The first-order valence-electron chi connectivity index (χ1n) is 7.52. The zero-order valence-corrected chi connectivity index (χ0v) is 13.9. The van der Waals surface area contributed by atoms with Crippen LogP contribution in [-0.2, 0) is 4.79 Å². The fraction of sp³-hybridized carbons (Fsp3) is 0.235. The maximum absolute atomic E-state index is 12.1. The third kappa shape index (κ3) is 3.65. The highest BCUT2D eigenvalue weighted by Crippen LogP contribution is 2.34. The van der Waals surface area contributed by atoms with Gasteiger partial charge in [-0.15, -0.1) is 0 Å². The van der Waals surface area contributed by atoms with E-state index in [9.17, 15) is 4.79 Å². The number of carbonyl (C=O) groups excluding carboxylic acids is 1. The third-order valence-corrected chi connectivity index (χ3v) is 3.65. The van der Waals surface area contributed by atoms with E-state index in [0.29, 0.717) is 40.3 Å². The number of para-hydroxylation sites is 1. The molecule has 0 saturated carbocycles. The van der Waals surface area contributed by atoms with E-state index in [1.54, 1.807) is 30.3 Å². The lowest BCUT2D eigenvalue weighted by molar-refractivity contribution is -0.114. The molecule has 6 nitrogen and oxygen atoms in total. The Morgan fingerprint density at radius 3 is 2.92 bits per heavy atom. The van der Waals surface area contributed by atoms with E-state index < -0.39 is 0 Å². The summed E-state index contributed by atoms with van der Waals surface area (Å²) in [6.45, 7) is 2.64. The second-order valence-corrected chi connectivity index (χ2v) is 5.43. The van der Waals surface area contributed by atoms with Gasteiger partial charge in [0.25, 0.3) is 0 Å². The van der Waals surface area contributed by atoms with Crippen molar-refractivity contribution in [3.63, 3.8) is 0 Å². The molecular weight excluding hydrogens is 332 g/mol. The van der Waals surface area contributed by atoms with Crippen LogP contribution in [0.1, 0.15) is 6.92 Å². The van der Waals surface area contributed by atoms with E-state index >= 15 is 0 Å². The van der Waals surface area contributed by atoms with Gasteiger partial charge in [-0.2, -0.15) is 0 Å². The summed E-state index contributed by atoms with van der Waals surface area (Å²) in [4.78, 5) is 12.1. The highest BCUT2D eigenvalue weighted by atomic mass is 35.5. The van der Waals surface area contributed by atoms with Crippen molar-refractivity contribution in [2.24, 2.45) is 0 Å². The number of carbonyl (C=O) groups is 1. The van der Waals surface area contributed by atoms with E-state index in [-0.39, 0.29) is 19.2 Å². The standard InChI is InChI=1S/C17H17ClN2O4/c1-2-22-17-12(18)4-3-5-13(17)19-9-16(21)20-11-6-7-14-15(8-11)24-10-23-14/h3-8,19H,2,9-10H2,1H3,(H,20,21). The normalized spacial score (nSPS) is 11.9. The van der Waals surface area contributed by atoms with Crippen molar-refractivity contribution in [1.82, 2.24) is 0 Å². The van der Waals surface area contributed by atoms with Gasteiger partial charge in [-0.25, -0.2) is 0 Å². The Hall–Kier alpha value is -2.60. The zero-order valence-electron chi connectivity index (χ0n) is 13.1. The lowest BCUT2D eigenvalue weighted by atomic mass is 10.2. The second kappa shape index (κ2) is 7.31. The molecule has 0 spiro atoms. The minimum Gasteiger partial charge on any atom is -0.490 e. The number of benzene rings is 2. The average molecular weight is 349 g/mol. The summed E-state index contributed by atoms with van der Waals surface area (Å²) in [7, 11) is 0. The molecule has 0 atom stereocenters. The predicted octanol–water partition coefficient (Wildman–Crippen LogP) is 3.52. The number of hydrogen-bond acceptors (Lipinski definition) is 5. The maximum atomic E-state index is 12.1. The molecule has 1 aliphatic rings. The van der Waals surface area contributed by atoms with Gasteiger partial charge in [-0.05, 0) is 31.2 Å². The monoisotopic (exact) mass is 348 g/mol. The quantitative estimate of drug-likeness (QED) is 0.836. The molecule has 2 aromatic rings. The minimum absolute atomic E-state index is 0.0782. The summed E-state index contributed by atoms with van der Waals surface area (Å²) in [6.07, 6.45) is 0. The lowest BCUT2D eigenvalue weighted by Crippen LogP contribution is -2.22. The lowest BCUT2D eigenvalue weighted by Gasteiger charge is -2.13. The van der Waals surface area contributed by atoms with E-state index in [1.807, 2.05) is 13.0 Å². The number of anilines is 2. The fourth-order valence-electron chi connectivity index (χ4n) is 2.29. The van der Waals surface area contributed by atoms with Gasteiger partial charge in [-0.1, -0.05) is 17.7 Å². The molecule has 1 aliphatic heterocycles. The van der Waals surface area contributed by atoms with Gasteiger partial charge in [0.05, 0.1) is 23.9 Å². The smallest absolute Gasteiger partial charge is 0.243 e. The van der Waals surface area contributed by atoms with Crippen LogP contribution in [0.5, 0.6) is 17.2 Å². The van der Waals surface area contributed by atoms with Crippen LogP contribution in [0.15, 0.2) is 36.4 Å². The molecule has 0 radical (unpaired) electrons. The van der Waals surface area contributed by atoms with Crippen molar-refractivity contribution in [3.05, 3.63) is 41.4 Å². The van der Waals surface area contributed by atoms with Gasteiger partial charge >= 0.3 is 0 Å². The highest BCUT2D eigenvalue weighted by Gasteiger charge is 2.14. The van der Waals surface area contributed by atoms with Gasteiger partial charge in [-0.3, -0.25) is 4.79 Å². The molecule has 3 rings (SSSR count). The van der Waals surface area contributed by atoms with Crippen LogP contribution < -0.4 is 24.8 Å². The van der Waals surface area contributed by atoms with Gasteiger partial charge in [0.1, 0.15) is 0 Å².